The number of carbonyl (C=O) groups excluding carboxylic acids is 1. The minimum atomic E-state index is 0.0645. The van der Waals surface area contributed by atoms with Crippen LogP contribution in [0.25, 0.3) is 0 Å². The van der Waals surface area contributed by atoms with Crippen LogP contribution in [0.3, 0.4) is 0 Å². The number of fused-ring (bicyclic) bond motifs is 1. The number of rotatable bonds is 5. The summed E-state index contributed by atoms with van der Waals surface area (Å²) in [5.41, 5.74) is 2.23. The summed E-state index contributed by atoms with van der Waals surface area (Å²) in [5.74, 6) is 0.889. The second kappa shape index (κ2) is 7.15. The Balaban J connectivity index is 1.57. The molecule has 122 valence electrons. The van der Waals surface area contributed by atoms with Crippen molar-refractivity contribution >= 4 is 22.9 Å². The van der Waals surface area contributed by atoms with E-state index >= 15 is 0 Å². The molecule has 1 aliphatic rings. The van der Waals surface area contributed by atoms with Crippen molar-refractivity contribution < 1.29 is 14.4 Å². The standard InChI is InChI=1S/C18H22N2O2S/c1-3-22-15-6-4-14(5-7-15)19-18(21)12-20-10-8-17-16(13(20)2)9-11-23-17/h4-7,9,11,13H,3,8,10,12H2,1-2H3,(H,19,21)/p+1/t13-/m0/s1. The summed E-state index contributed by atoms with van der Waals surface area (Å²) >= 11 is 1.83. The van der Waals surface area contributed by atoms with Gasteiger partial charge < -0.3 is 15.0 Å². The zero-order valence-corrected chi connectivity index (χ0v) is 14.4. The molecule has 2 N–H and O–H groups in total. The van der Waals surface area contributed by atoms with E-state index in [2.05, 4.69) is 23.7 Å². The fraction of sp³-hybridized carbons (Fsp3) is 0.389. The Kier molecular flexibility index (Phi) is 4.98. The molecular formula is C18H23N2O2S+. The first-order chi connectivity index (χ1) is 11.2. The van der Waals surface area contributed by atoms with Crippen molar-refractivity contribution in [3.05, 3.63) is 46.2 Å². The Morgan fingerprint density at radius 1 is 1.35 bits per heavy atom. The number of quaternary nitrogens is 1. The van der Waals surface area contributed by atoms with Crippen molar-refractivity contribution in [1.82, 2.24) is 0 Å². The van der Waals surface area contributed by atoms with E-state index in [1.165, 1.54) is 15.3 Å². The number of carbonyl (C=O) groups is 1. The molecule has 0 bridgehead atoms. The van der Waals surface area contributed by atoms with Crippen LogP contribution in [0.15, 0.2) is 35.7 Å². The molecule has 2 aromatic rings. The molecule has 0 spiro atoms. The quantitative estimate of drug-likeness (QED) is 0.883. The molecule has 4 nitrogen and oxygen atoms in total. The maximum absolute atomic E-state index is 12.3. The van der Waals surface area contributed by atoms with Crippen molar-refractivity contribution in [2.75, 3.05) is 25.0 Å². The lowest BCUT2D eigenvalue weighted by Gasteiger charge is -2.29. The second-order valence-corrected chi connectivity index (χ2v) is 6.86. The van der Waals surface area contributed by atoms with Gasteiger partial charge in [-0.25, -0.2) is 0 Å². The number of anilines is 1. The first kappa shape index (κ1) is 16.0. The van der Waals surface area contributed by atoms with Gasteiger partial charge in [-0.15, -0.1) is 11.3 Å². The van der Waals surface area contributed by atoms with Crippen molar-refractivity contribution in [2.45, 2.75) is 26.3 Å². The Morgan fingerprint density at radius 3 is 2.87 bits per heavy atom. The van der Waals surface area contributed by atoms with E-state index in [0.717, 1.165) is 24.4 Å². The van der Waals surface area contributed by atoms with Crippen LogP contribution < -0.4 is 15.0 Å². The lowest BCUT2D eigenvalue weighted by atomic mass is 10.0. The second-order valence-electron chi connectivity index (χ2n) is 5.86. The van der Waals surface area contributed by atoms with Gasteiger partial charge in [0, 0.05) is 22.5 Å². The highest BCUT2D eigenvalue weighted by Gasteiger charge is 2.29. The zero-order chi connectivity index (χ0) is 16.2. The fourth-order valence-corrected chi connectivity index (χ4v) is 4.08. The van der Waals surface area contributed by atoms with Gasteiger partial charge in [0.1, 0.15) is 11.8 Å². The molecule has 0 fully saturated rings. The molecule has 23 heavy (non-hydrogen) atoms. The number of benzene rings is 1. The maximum Gasteiger partial charge on any atom is 0.279 e. The summed E-state index contributed by atoms with van der Waals surface area (Å²) in [6.45, 7) is 6.34. The highest BCUT2D eigenvalue weighted by molar-refractivity contribution is 7.10. The molecule has 1 aromatic carbocycles. The third-order valence-corrected chi connectivity index (χ3v) is 5.37. The number of hydrogen-bond donors (Lipinski definition) is 2. The van der Waals surface area contributed by atoms with Crippen molar-refractivity contribution in [3.8, 4) is 5.75 Å². The van der Waals surface area contributed by atoms with E-state index in [9.17, 15) is 4.79 Å². The average molecular weight is 331 g/mol. The fourth-order valence-electron chi connectivity index (χ4n) is 3.10. The topological polar surface area (TPSA) is 42.8 Å². The predicted molar refractivity (Wildman–Crippen MR) is 93.4 cm³/mol. The number of thiophene rings is 1. The van der Waals surface area contributed by atoms with Crippen LogP contribution in [0.5, 0.6) is 5.75 Å². The normalized spacial score (nSPS) is 19.9. The van der Waals surface area contributed by atoms with Crippen LogP contribution >= 0.6 is 11.3 Å². The minimum absolute atomic E-state index is 0.0645. The number of hydrogen-bond acceptors (Lipinski definition) is 3. The van der Waals surface area contributed by atoms with Gasteiger partial charge in [0.2, 0.25) is 0 Å². The molecule has 0 aliphatic carbocycles. The molecule has 1 amide bonds. The Hall–Kier alpha value is -1.85. The van der Waals surface area contributed by atoms with Crippen molar-refractivity contribution in [3.63, 3.8) is 0 Å². The van der Waals surface area contributed by atoms with Crippen LogP contribution in [-0.4, -0.2) is 25.6 Å². The van der Waals surface area contributed by atoms with Gasteiger partial charge in [-0.2, -0.15) is 0 Å². The highest BCUT2D eigenvalue weighted by atomic mass is 32.1. The molecule has 0 saturated heterocycles. The van der Waals surface area contributed by atoms with Gasteiger partial charge in [0.15, 0.2) is 6.54 Å². The summed E-state index contributed by atoms with van der Waals surface area (Å²) in [7, 11) is 0. The smallest absolute Gasteiger partial charge is 0.279 e. The predicted octanol–water partition coefficient (Wildman–Crippen LogP) is 2.29. The van der Waals surface area contributed by atoms with Crippen LogP contribution in [0.4, 0.5) is 5.69 Å². The van der Waals surface area contributed by atoms with Crippen molar-refractivity contribution in [2.24, 2.45) is 0 Å². The summed E-state index contributed by atoms with van der Waals surface area (Å²) in [4.78, 5) is 15.1. The van der Waals surface area contributed by atoms with Gasteiger partial charge >= 0.3 is 0 Å². The van der Waals surface area contributed by atoms with Gasteiger partial charge in [-0.3, -0.25) is 4.79 Å². The molecular weight excluding hydrogens is 308 g/mol. The molecule has 0 saturated carbocycles. The molecule has 5 heteroatoms. The lowest BCUT2D eigenvalue weighted by Crippen LogP contribution is -3.14. The van der Waals surface area contributed by atoms with E-state index in [1.54, 1.807) is 0 Å². The van der Waals surface area contributed by atoms with E-state index in [-0.39, 0.29) is 5.91 Å². The SMILES string of the molecule is CCOc1ccc(NC(=O)C[NH+]2CCc3sccc3[C@@H]2C)cc1. The molecule has 1 unspecified atom stereocenters. The van der Waals surface area contributed by atoms with Crippen LogP contribution in [0, 0.1) is 0 Å². The lowest BCUT2D eigenvalue weighted by molar-refractivity contribution is -0.923. The highest BCUT2D eigenvalue weighted by Crippen LogP contribution is 2.24. The largest absolute Gasteiger partial charge is 0.494 e. The van der Waals surface area contributed by atoms with Crippen molar-refractivity contribution in [1.29, 1.82) is 0 Å². The van der Waals surface area contributed by atoms with Gasteiger partial charge in [-0.05, 0) is 49.6 Å². The number of amides is 1. The molecule has 2 heterocycles. The molecule has 3 rings (SSSR count). The number of nitrogens with one attached hydrogen (secondary N) is 2. The third kappa shape index (κ3) is 3.74. The van der Waals surface area contributed by atoms with Gasteiger partial charge in [-0.1, -0.05) is 0 Å². The molecule has 0 radical (unpaired) electrons. The average Bonchev–Trinajstić information content (AvgIpc) is 3.02. The van der Waals surface area contributed by atoms with E-state index < -0.39 is 0 Å². The summed E-state index contributed by atoms with van der Waals surface area (Å²) in [6.07, 6.45) is 1.07. The number of ether oxygens (including phenoxy) is 1. The summed E-state index contributed by atoms with van der Waals surface area (Å²) in [5, 5.41) is 5.14. The van der Waals surface area contributed by atoms with Crippen LogP contribution in [0.2, 0.25) is 0 Å². The van der Waals surface area contributed by atoms with Gasteiger partial charge in [0.25, 0.3) is 5.91 Å². The van der Waals surface area contributed by atoms with Crippen LogP contribution in [-0.2, 0) is 11.2 Å². The first-order valence-electron chi connectivity index (χ1n) is 8.11. The molecule has 2 atom stereocenters. The van der Waals surface area contributed by atoms with Crippen LogP contribution in [0.1, 0.15) is 30.3 Å². The zero-order valence-electron chi connectivity index (χ0n) is 13.6. The monoisotopic (exact) mass is 331 g/mol. The molecule has 1 aromatic heterocycles. The Morgan fingerprint density at radius 2 is 2.13 bits per heavy atom. The summed E-state index contributed by atoms with van der Waals surface area (Å²) in [6, 6.07) is 10.1. The minimum Gasteiger partial charge on any atom is -0.494 e. The van der Waals surface area contributed by atoms with E-state index in [0.29, 0.717) is 19.2 Å². The Labute approximate surface area is 141 Å². The van der Waals surface area contributed by atoms with E-state index in [1.807, 2.05) is 42.5 Å². The third-order valence-electron chi connectivity index (χ3n) is 4.37. The van der Waals surface area contributed by atoms with E-state index in [4.69, 9.17) is 4.74 Å². The van der Waals surface area contributed by atoms with Gasteiger partial charge in [0.05, 0.1) is 13.2 Å². The Bertz CT molecular complexity index is 666. The summed E-state index contributed by atoms with van der Waals surface area (Å²) < 4.78 is 5.41. The maximum atomic E-state index is 12.3. The molecule has 1 aliphatic heterocycles. The first-order valence-corrected chi connectivity index (χ1v) is 8.99.